The van der Waals surface area contributed by atoms with Crippen molar-refractivity contribution in [2.45, 2.75) is 98.1 Å². The van der Waals surface area contributed by atoms with Crippen LogP contribution in [0.15, 0.2) is 18.2 Å². The summed E-state index contributed by atoms with van der Waals surface area (Å²) in [6.07, 6.45) is 6.05. The highest BCUT2D eigenvalue weighted by Crippen LogP contribution is 2.27. The van der Waals surface area contributed by atoms with Gasteiger partial charge in [0, 0.05) is 13.1 Å². The van der Waals surface area contributed by atoms with Crippen molar-refractivity contribution in [3.8, 4) is 5.75 Å². The Balaban J connectivity index is 3.19. The maximum Gasteiger partial charge on any atom is 0.408 e. The Morgan fingerprint density at radius 3 is 2.26 bits per heavy atom. The summed E-state index contributed by atoms with van der Waals surface area (Å²) in [7, 11) is 0. The Labute approximate surface area is 210 Å². The van der Waals surface area contributed by atoms with Gasteiger partial charge >= 0.3 is 6.09 Å². The molecule has 1 unspecified atom stereocenters. The average molecular weight is 492 g/mol. The molecule has 0 radical (unpaired) electrons. The molecular weight excluding hydrogens is 446 g/mol. The highest BCUT2D eigenvalue weighted by Gasteiger charge is 2.31. The molecule has 0 saturated heterocycles. The molecule has 8 nitrogen and oxygen atoms in total. The lowest BCUT2D eigenvalue weighted by Crippen LogP contribution is -2.48. The lowest BCUT2D eigenvalue weighted by molar-refractivity contribution is -0.140. The van der Waals surface area contributed by atoms with E-state index in [-0.39, 0.29) is 24.1 Å². The van der Waals surface area contributed by atoms with Crippen LogP contribution in [-0.4, -0.2) is 53.1 Å². The van der Waals surface area contributed by atoms with Gasteiger partial charge in [-0.15, -0.1) is 0 Å². The number of amides is 3. The standard InChI is InChI=1S/C27H45N3O5/c1-7-9-11-12-13-17-30(23(32)19-29-26(34)35-27(4,5)6)24(25(33)28-16-10-8-2)21-14-15-22(31)20(3)18-21/h14-15,18,24,31H,7-13,16-17,19H2,1-6H3,(H,28,33)(H,29,34). The van der Waals surface area contributed by atoms with Crippen LogP contribution in [0.1, 0.15) is 96.7 Å². The van der Waals surface area contributed by atoms with Crippen LogP contribution in [0.3, 0.4) is 0 Å². The SMILES string of the molecule is CCCCCCCN(C(=O)CNC(=O)OC(C)(C)C)C(C(=O)NCCCC)c1ccc(O)c(C)c1. The van der Waals surface area contributed by atoms with E-state index < -0.39 is 17.7 Å². The highest BCUT2D eigenvalue weighted by molar-refractivity contribution is 5.90. The number of carbonyl (C=O) groups is 3. The van der Waals surface area contributed by atoms with Crippen LogP contribution in [0.5, 0.6) is 5.75 Å². The predicted molar refractivity (Wildman–Crippen MR) is 138 cm³/mol. The van der Waals surface area contributed by atoms with Gasteiger partial charge in [0.25, 0.3) is 0 Å². The summed E-state index contributed by atoms with van der Waals surface area (Å²) in [6, 6.07) is 4.08. The number of aromatic hydroxyl groups is 1. The van der Waals surface area contributed by atoms with E-state index in [0.717, 1.165) is 44.9 Å². The molecule has 0 fully saturated rings. The van der Waals surface area contributed by atoms with Crippen molar-refractivity contribution in [2.75, 3.05) is 19.6 Å². The second kappa shape index (κ2) is 15.3. The molecule has 0 bridgehead atoms. The number of carbonyl (C=O) groups excluding carboxylic acids is 3. The summed E-state index contributed by atoms with van der Waals surface area (Å²) in [5.74, 6) is -0.515. The zero-order chi connectivity index (χ0) is 26.4. The largest absolute Gasteiger partial charge is 0.508 e. The van der Waals surface area contributed by atoms with Crippen molar-refractivity contribution in [1.82, 2.24) is 15.5 Å². The van der Waals surface area contributed by atoms with Gasteiger partial charge in [-0.3, -0.25) is 9.59 Å². The number of alkyl carbamates (subject to hydrolysis) is 1. The van der Waals surface area contributed by atoms with E-state index in [4.69, 9.17) is 4.74 Å². The summed E-state index contributed by atoms with van der Waals surface area (Å²) in [5.41, 5.74) is 0.557. The minimum absolute atomic E-state index is 0.128. The highest BCUT2D eigenvalue weighted by atomic mass is 16.6. The number of unbranched alkanes of at least 4 members (excludes halogenated alkanes) is 5. The number of ether oxygens (including phenoxy) is 1. The average Bonchev–Trinajstić information content (AvgIpc) is 2.77. The van der Waals surface area contributed by atoms with Crippen LogP contribution in [0.4, 0.5) is 4.79 Å². The number of hydrogen-bond donors (Lipinski definition) is 3. The Bertz CT molecular complexity index is 820. The van der Waals surface area contributed by atoms with E-state index in [2.05, 4.69) is 17.6 Å². The molecule has 198 valence electrons. The Hall–Kier alpha value is -2.77. The summed E-state index contributed by atoms with van der Waals surface area (Å²) < 4.78 is 5.25. The van der Waals surface area contributed by atoms with E-state index in [0.29, 0.717) is 24.2 Å². The number of hydrogen-bond acceptors (Lipinski definition) is 5. The van der Waals surface area contributed by atoms with Crippen molar-refractivity contribution in [2.24, 2.45) is 0 Å². The molecule has 0 aromatic heterocycles. The predicted octanol–water partition coefficient (Wildman–Crippen LogP) is 4.98. The van der Waals surface area contributed by atoms with E-state index in [1.165, 1.54) is 4.90 Å². The maximum absolute atomic E-state index is 13.4. The van der Waals surface area contributed by atoms with Gasteiger partial charge in [-0.05, 0) is 63.8 Å². The van der Waals surface area contributed by atoms with Crippen molar-refractivity contribution < 1.29 is 24.2 Å². The first-order chi connectivity index (χ1) is 16.5. The number of aryl methyl sites for hydroxylation is 1. The van der Waals surface area contributed by atoms with Gasteiger partial charge in [0.05, 0.1) is 0 Å². The smallest absolute Gasteiger partial charge is 0.408 e. The van der Waals surface area contributed by atoms with Gasteiger partial charge in [0.2, 0.25) is 11.8 Å². The summed E-state index contributed by atoms with van der Waals surface area (Å²) in [5, 5.41) is 15.5. The van der Waals surface area contributed by atoms with Crippen LogP contribution in [0.2, 0.25) is 0 Å². The topological polar surface area (TPSA) is 108 Å². The lowest BCUT2D eigenvalue weighted by atomic mass is 10.0. The van der Waals surface area contributed by atoms with E-state index >= 15 is 0 Å². The molecule has 1 aromatic carbocycles. The third kappa shape index (κ3) is 11.5. The summed E-state index contributed by atoms with van der Waals surface area (Å²) >= 11 is 0. The maximum atomic E-state index is 13.4. The normalized spacial score (nSPS) is 12.1. The molecule has 8 heteroatoms. The van der Waals surface area contributed by atoms with Gasteiger partial charge in [0.15, 0.2) is 0 Å². The van der Waals surface area contributed by atoms with Gasteiger partial charge in [-0.1, -0.05) is 52.0 Å². The van der Waals surface area contributed by atoms with Crippen LogP contribution in [0, 0.1) is 6.92 Å². The van der Waals surface area contributed by atoms with E-state index in [1.807, 2.05) is 6.92 Å². The van der Waals surface area contributed by atoms with Gasteiger partial charge < -0.3 is 25.4 Å². The Kier molecular flexibility index (Phi) is 13.2. The fourth-order valence-corrected chi connectivity index (χ4v) is 3.65. The third-order valence-electron chi connectivity index (χ3n) is 5.53. The van der Waals surface area contributed by atoms with E-state index in [1.54, 1.807) is 45.9 Å². The van der Waals surface area contributed by atoms with Crippen LogP contribution >= 0.6 is 0 Å². The lowest BCUT2D eigenvalue weighted by Gasteiger charge is -2.32. The summed E-state index contributed by atoms with van der Waals surface area (Å²) in [6.45, 7) is 11.8. The molecule has 35 heavy (non-hydrogen) atoms. The number of nitrogens with one attached hydrogen (secondary N) is 2. The second-order valence-corrected chi connectivity index (χ2v) is 9.95. The van der Waals surface area contributed by atoms with Gasteiger partial charge in [-0.2, -0.15) is 0 Å². The number of phenolic OH excluding ortho intramolecular Hbond substituents is 1. The van der Waals surface area contributed by atoms with Crippen molar-refractivity contribution in [3.05, 3.63) is 29.3 Å². The van der Waals surface area contributed by atoms with Crippen molar-refractivity contribution in [1.29, 1.82) is 0 Å². The van der Waals surface area contributed by atoms with Crippen LogP contribution in [0.25, 0.3) is 0 Å². The molecule has 0 aliphatic heterocycles. The molecule has 1 atom stereocenters. The molecule has 0 aliphatic rings. The number of benzene rings is 1. The fourth-order valence-electron chi connectivity index (χ4n) is 3.65. The van der Waals surface area contributed by atoms with Crippen molar-refractivity contribution >= 4 is 17.9 Å². The molecule has 3 N–H and O–H groups in total. The van der Waals surface area contributed by atoms with Crippen LogP contribution < -0.4 is 10.6 Å². The van der Waals surface area contributed by atoms with Crippen LogP contribution in [-0.2, 0) is 14.3 Å². The third-order valence-corrected chi connectivity index (χ3v) is 5.53. The fraction of sp³-hybridized carbons (Fsp3) is 0.667. The minimum Gasteiger partial charge on any atom is -0.508 e. The first-order valence-corrected chi connectivity index (χ1v) is 12.8. The molecule has 0 spiro atoms. The molecular formula is C27H45N3O5. The Morgan fingerprint density at radius 2 is 1.66 bits per heavy atom. The molecule has 1 rings (SSSR count). The number of rotatable bonds is 14. The first-order valence-electron chi connectivity index (χ1n) is 12.8. The van der Waals surface area contributed by atoms with Gasteiger partial charge in [-0.25, -0.2) is 4.79 Å². The second-order valence-electron chi connectivity index (χ2n) is 9.95. The van der Waals surface area contributed by atoms with E-state index in [9.17, 15) is 19.5 Å². The zero-order valence-corrected chi connectivity index (χ0v) is 22.4. The monoisotopic (exact) mass is 491 g/mol. The molecule has 0 saturated carbocycles. The summed E-state index contributed by atoms with van der Waals surface area (Å²) in [4.78, 5) is 40.4. The number of phenols is 1. The quantitative estimate of drug-likeness (QED) is 0.318. The zero-order valence-electron chi connectivity index (χ0n) is 22.4. The first kappa shape index (κ1) is 30.3. The minimum atomic E-state index is -0.870. The van der Waals surface area contributed by atoms with Crippen molar-refractivity contribution in [3.63, 3.8) is 0 Å². The molecule has 1 aromatic rings. The van der Waals surface area contributed by atoms with Gasteiger partial charge in [0.1, 0.15) is 23.9 Å². The molecule has 0 heterocycles. The number of nitrogens with zero attached hydrogens (tertiary/aromatic N) is 1. The Morgan fingerprint density at radius 1 is 1.00 bits per heavy atom. The molecule has 3 amide bonds. The molecule has 0 aliphatic carbocycles.